The third kappa shape index (κ3) is 2.78. The molecule has 1 N–H and O–H groups in total. The van der Waals surface area contributed by atoms with Gasteiger partial charge in [-0.05, 0) is 12.5 Å². The normalized spacial score (nSPS) is 12.6. The summed E-state index contributed by atoms with van der Waals surface area (Å²) in [6.07, 6.45) is 1.61. The molecule has 1 atom stereocenters. The van der Waals surface area contributed by atoms with E-state index < -0.39 is 0 Å². The highest BCUT2D eigenvalue weighted by molar-refractivity contribution is 5.69. The van der Waals surface area contributed by atoms with Gasteiger partial charge in [0.25, 0.3) is 5.56 Å². The minimum atomic E-state index is -0.367. The Balaban J connectivity index is 1.79. The number of aromatic nitrogens is 4. The van der Waals surface area contributed by atoms with Gasteiger partial charge in [0, 0.05) is 33.2 Å². The summed E-state index contributed by atoms with van der Waals surface area (Å²) in [5.74, 6) is 0. The SMILES string of the molecule is CC(NCCn1cnc2c1c(=O)n(C)c(=O)n2C)c1ccccc1. The lowest BCUT2D eigenvalue weighted by Crippen LogP contribution is -2.37. The van der Waals surface area contributed by atoms with Gasteiger partial charge in [0.1, 0.15) is 0 Å². The minimum absolute atomic E-state index is 0.216. The molecule has 0 amide bonds. The molecule has 0 aliphatic rings. The number of benzene rings is 1. The Morgan fingerprint density at radius 2 is 1.83 bits per heavy atom. The smallest absolute Gasteiger partial charge is 0.323 e. The molecule has 0 saturated heterocycles. The van der Waals surface area contributed by atoms with Gasteiger partial charge in [0.15, 0.2) is 11.2 Å². The van der Waals surface area contributed by atoms with Crippen molar-refractivity contribution in [2.75, 3.05) is 6.54 Å². The average molecular weight is 327 g/mol. The van der Waals surface area contributed by atoms with E-state index in [-0.39, 0.29) is 17.3 Å². The quantitative estimate of drug-likeness (QED) is 0.752. The van der Waals surface area contributed by atoms with Crippen LogP contribution in [0.15, 0.2) is 46.2 Å². The molecule has 1 aromatic carbocycles. The van der Waals surface area contributed by atoms with Crippen molar-refractivity contribution in [2.24, 2.45) is 14.1 Å². The third-order valence-corrected chi connectivity index (χ3v) is 4.32. The van der Waals surface area contributed by atoms with E-state index in [0.717, 1.165) is 4.57 Å². The lowest BCUT2D eigenvalue weighted by molar-refractivity contribution is 0.535. The monoisotopic (exact) mass is 327 g/mol. The number of nitrogens with one attached hydrogen (secondary N) is 1. The van der Waals surface area contributed by atoms with Gasteiger partial charge < -0.3 is 9.88 Å². The van der Waals surface area contributed by atoms with Gasteiger partial charge in [-0.15, -0.1) is 0 Å². The van der Waals surface area contributed by atoms with Crippen LogP contribution in [0, 0.1) is 0 Å². The Labute approximate surface area is 139 Å². The summed E-state index contributed by atoms with van der Waals surface area (Å²) in [5, 5.41) is 3.44. The summed E-state index contributed by atoms with van der Waals surface area (Å²) in [7, 11) is 3.11. The first kappa shape index (κ1) is 16.2. The summed E-state index contributed by atoms with van der Waals surface area (Å²) >= 11 is 0. The van der Waals surface area contributed by atoms with Crippen LogP contribution < -0.4 is 16.6 Å². The highest BCUT2D eigenvalue weighted by atomic mass is 16.2. The summed E-state index contributed by atoms with van der Waals surface area (Å²) in [6.45, 7) is 3.39. The topological polar surface area (TPSA) is 73.8 Å². The third-order valence-electron chi connectivity index (χ3n) is 4.32. The van der Waals surface area contributed by atoms with Crippen molar-refractivity contribution in [1.29, 1.82) is 0 Å². The first-order valence-electron chi connectivity index (χ1n) is 7.90. The summed E-state index contributed by atoms with van der Waals surface area (Å²) in [6, 6.07) is 10.4. The molecule has 2 heterocycles. The standard InChI is InChI=1S/C17H21N5O2/c1-12(13-7-5-4-6-8-13)18-9-10-22-11-19-15-14(22)16(23)21(3)17(24)20(15)2/h4-8,11-12,18H,9-10H2,1-3H3. The number of hydrogen-bond donors (Lipinski definition) is 1. The van der Waals surface area contributed by atoms with Crippen molar-refractivity contribution in [2.45, 2.75) is 19.5 Å². The lowest BCUT2D eigenvalue weighted by atomic mass is 10.1. The van der Waals surface area contributed by atoms with Gasteiger partial charge in [-0.25, -0.2) is 9.78 Å². The maximum Gasteiger partial charge on any atom is 0.332 e. The summed E-state index contributed by atoms with van der Waals surface area (Å²) in [4.78, 5) is 28.5. The molecule has 2 aromatic heterocycles. The molecule has 7 nitrogen and oxygen atoms in total. The van der Waals surface area contributed by atoms with Crippen LogP contribution in [0.2, 0.25) is 0 Å². The first-order chi connectivity index (χ1) is 11.5. The van der Waals surface area contributed by atoms with Crippen molar-refractivity contribution in [1.82, 2.24) is 24.0 Å². The van der Waals surface area contributed by atoms with Crippen molar-refractivity contribution in [3.05, 3.63) is 63.1 Å². The Hall–Kier alpha value is -2.67. The van der Waals surface area contributed by atoms with Crippen molar-refractivity contribution >= 4 is 11.2 Å². The fraction of sp³-hybridized carbons (Fsp3) is 0.353. The van der Waals surface area contributed by atoms with Gasteiger partial charge in [0.2, 0.25) is 0 Å². The van der Waals surface area contributed by atoms with Crippen LogP contribution >= 0.6 is 0 Å². The van der Waals surface area contributed by atoms with Crippen molar-refractivity contribution in [3.63, 3.8) is 0 Å². The van der Waals surface area contributed by atoms with Crippen molar-refractivity contribution in [3.8, 4) is 0 Å². The molecule has 0 aliphatic carbocycles. The summed E-state index contributed by atoms with van der Waals surface area (Å²) < 4.78 is 4.30. The molecule has 3 aromatic rings. The number of nitrogens with zero attached hydrogens (tertiary/aromatic N) is 4. The second-order valence-electron chi connectivity index (χ2n) is 5.90. The first-order valence-corrected chi connectivity index (χ1v) is 7.90. The summed E-state index contributed by atoms with van der Waals surface area (Å²) in [5.41, 5.74) is 1.40. The Kier molecular flexibility index (Phi) is 4.35. The molecule has 0 bridgehead atoms. The molecule has 126 valence electrons. The van der Waals surface area contributed by atoms with Gasteiger partial charge in [0.05, 0.1) is 6.33 Å². The second kappa shape index (κ2) is 6.45. The number of aryl methyl sites for hydroxylation is 1. The van der Waals surface area contributed by atoms with Crippen LogP contribution in [0.3, 0.4) is 0 Å². The number of rotatable bonds is 5. The van der Waals surface area contributed by atoms with Crippen LogP contribution in [-0.2, 0) is 20.6 Å². The van der Waals surface area contributed by atoms with E-state index in [0.29, 0.717) is 24.3 Å². The number of hydrogen-bond acceptors (Lipinski definition) is 4. The molecular formula is C17H21N5O2. The maximum absolute atomic E-state index is 12.4. The predicted molar refractivity (Wildman–Crippen MR) is 93.1 cm³/mol. The molecule has 7 heteroatoms. The Morgan fingerprint density at radius 3 is 2.54 bits per heavy atom. The number of imidazole rings is 1. The van der Waals surface area contributed by atoms with Gasteiger partial charge >= 0.3 is 5.69 Å². The molecule has 3 rings (SSSR count). The van der Waals surface area contributed by atoms with E-state index in [1.807, 2.05) is 18.2 Å². The van der Waals surface area contributed by atoms with E-state index in [1.165, 1.54) is 17.2 Å². The zero-order valence-corrected chi connectivity index (χ0v) is 14.1. The largest absolute Gasteiger partial charge is 0.332 e. The van der Waals surface area contributed by atoms with E-state index in [4.69, 9.17) is 0 Å². The Bertz CT molecular complexity index is 968. The Morgan fingerprint density at radius 1 is 1.12 bits per heavy atom. The fourth-order valence-corrected chi connectivity index (χ4v) is 2.83. The molecule has 0 fully saturated rings. The number of fused-ring (bicyclic) bond motifs is 1. The molecule has 0 saturated carbocycles. The molecule has 24 heavy (non-hydrogen) atoms. The molecule has 0 aliphatic heterocycles. The van der Waals surface area contributed by atoms with Crippen LogP contribution in [0.25, 0.3) is 11.2 Å². The lowest BCUT2D eigenvalue weighted by Gasteiger charge is -2.14. The highest BCUT2D eigenvalue weighted by Gasteiger charge is 2.14. The maximum atomic E-state index is 12.4. The van der Waals surface area contributed by atoms with Crippen LogP contribution in [0.4, 0.5) is 0 Å². The van der Waals surface area contributed by atoms with Crippen LogP contribution in [-0.4, -0.2) is 25.2 Å². The van der Waals surface area contributed by atoms with Crippen molar-refractivity contribution < 1.29 is 0 Å². The van der Waals surface area contributed by atoms with Gasteiger partial charge in [-0.2, -0.15) is 0 Å². The van der Waals surface area contributed by atoms with Gasteiger partial charge in [-0.3, -0.25) is 13.9 Å². The van der Waals surface area contributed by atoms with E-state index in [9.17, 15) is 9.59 Å². The molecule has 1 unspecified atom stereocenters. The minimum Gasteiger partial charge on any atom is -0.323 e. The zero-order valence-electron chi connectivity index (χ0n) is 14.1. The van der Waals surface area contributed by atoms with E-state index in [1.54, 1.807) is 17.9 Å². The molecule has 0 spiro atoms. The predicted octanol–water partition coefficient (Wildman–Crippen LogP) is 0.785. The van der Waals surface area contributed by atoms with E-state index >= 15 is 0 Å². The molecule has 0 radical (unpaired) electrons. The van der Waals surface area contributed by atoms with Crippen LogP contribution in [0.5, 0.6) is 0 Å². The highest BCUT2D eigenvalue weighted by Crippen LogP contribution is 2.11. The molecular weight excluding hydrogens is 306 g/mol. The second-order valence-corrected chi connectivity index (χ2v) is 5.90. The van der Waals surface area contributed by atoms with Gasteiger partial charge in [-0.1, -0.05) is 30.3 Å². The fourth-order valence-electron chi connectivity index (χ4n) is 2.83. The van der Waals surface area contributed by atoms with Crippen LogP contribution in [0.1, 0.15) is 18.5 Å². The van der Waals surface area contributed by atoms with E-state index in [2.05, 4.69) is 29.4 Å². The average Bonchev–Trinajstić information content (AvgIpc) is 3.03. The zero-order chi connectivity index (χ0) is 17.3.